The summed E-state index contributed by atoms with van der Waals surface area (Å²) in [6.07, 6.45) is 2.65. The Bertz CT molecular complexity index is 1020. The third kappa shape index (κ3) is 4.33. The Labute approximate surface area is 172 Å². The number of carbonyl (C=O) groups excluding carboxylic acids is 1. The number of ether oxygens (including phenoxy) is 1. The SMILES string of the molecule is COc1ccc(-c2[nH]ncc2CN[C@@H]2CCC(=O)N[C@H]2c2cc(F)cc(F)c2)cc1. The van der Waals surface area contributed by atoms with Crippen LogP contribution in [-0.4, -0.2) is 29.3 Å². The maximum Gasteiger partial charge on any atom is 0.220 e. The largest absolute Gasteiger partial charge is 0.497 e. The summed E-state index contributed by atoms with van der Waals surface area (Å²) in [5, 5.41) is 13.4. The molecule has 0 bridgehead atoms. The van der Waals surface area contributed by atoms with Gasteiger partial charge < -0.3 is 15.4 Å². The zero-order valence-corrected chi connectivity index (χ0v) is 16.4. The molecule has 2 heterocycles. The first kappa shape index (κ1) is 20.0. The third-order valence-electron chi connectivity index (χ3n) is 5.30. The molecule has 1 aliphatic rings. The van der Waals surface area contributed by atoms with Gasteiger partial charge in [-0.3, -0.25) is 9.89 Å². The summed E-state index contributed by atoms with van der Waals surface area (Å²) in [4.78, 5) is 11.9. The Balaban J connectivity index is 1.52. The number of aromatic nitrogens is 2. The first-order valence-electron chi connectivity index (χ1n) is 9.69. The number of hydrogen-bond donors (Lipinski definition) is 3. The van der Waals surface area contributed by atoms with Crippen molar-refractivity contribution in [1.29, 1.82) is 0 Å². The van der Waals surface area contributed by atoms with Crippen LogP contribution in [0.25, 0.3) is 11.3 Å². The van der Waals surface area contributed by atoms with Gasteiger partial charge in [-0.25, -0.2) is 8.78 Å². The number of piperidine rings is 1. The summed E-state index contributed by atoms with van der Waals surface area (Å²) in [6, 6.07) is 10.3. The van der Waals surface area contributed by atoms with E-state index in [-0.39, 0.29) is 11.9 Å². The molecule has 4 rings (SSSR count). The van der Waals surface area contributed by atoms with E-state index in [0.29, 0.717) is 24.9 Å². The average molecular weight is 412 g/mol. The molecule has 2 atom stereocenters. The lowest BCUT2D eigenvalue weighted by atomic mass is 9.91. The number of carbonyl (C=O) groups is 1. The summed E-state index contributed by atoms with van der Waals surface area (Å²) in [6.45, 7) is 0.479. The number of aromatic amines is 1. The lowest BCUT2D eigenvalue weighted by Gasteiger charge is -2.33. The molecule has 0 aliphatic carbocycles. The van der Waals surface area contributed by atoms with E-state index in [0.717, 1.165) is 28.6 Å². The molecule has 3 N–H and O–H groups in total. The Morgan fingerprint density at radius 1 is 1.17 bits per heavy atom. The molecule has 6 nitrogen and oxygen atoms in total. The van der Waals surface area contributed by atoms with Crippen molar-refractivity contribution in [3.8, 4) is 17.0 Å². The van der Waals surface area contributed by atoms with E-state index < -0.39 is 17.7 Å². The fourth-order valence-corrected chi connectivity index (χ4v) is 3.78. The van der Waals surface area contributed by atoms with E-state index >= 15 is 0 Å². The molecular weight excluding hydrogens is 390 g/mol. The average Bonchev–Trinajstić information content (AvgIpc) is 3.21. The monoisotopic (exact) mass is 412 g/mol. The van der Waals surface area contributed by atoms with Crippen LogP contribution < -0.4 is 15.4 Å². The molecule has 8 heteroatoms. The summed E-state index contributed by atoms with van der Waals surface area (Å²) in [7, 11) is 1.62. The molecule has 1 saturated heterocycles. The number of benzene rings is 2. The van der Waals surface area contributed by atoms with Crippen molar-refractivity contribution in [3.05, 3.63) is 71.4 Å². The molecule has 1 fully saturated rings. The van der Waals surface area contributed by atoms with Gasteiger partial charge in [0.2, 0.25) is 5.91 Å². The van der Waals surface area contributed by atoms with Gasteiger partial charge in [0.15, 0.2) is 0 Å². The Kier molecular flexibility index (Phi) is 5.76. The van der Waals surface area contributed by atoms with Crippen molar-refractivity contribution in [1.82, 2.24) is 20.8 Å². The van der Waals surface area contributed by atoms with E-state index in [1.165, 1.54) is 12.1 Å². The molecule has 0 unspecified atom stereocenters. The van der Waals surface area contributed by atoms with Crippen LogP contribution in [0, 0.1) is 11.6 Å². The Hall–Kier alpha value is -3.26. The number of amides is 1. The van der Waals surface area contributed by atoms with Crippen molar-refractivity contribution < 1.29 is 18.3 Å². The van der Waals surface area contributed by atoms with Gasteiger partial charge in [0.25, 0.3) is 0 Å². The molecule has 1 amide bonds. The minimum atomic E-state index is -0.666. The zero-order valence-electron chi connectivity index (χ0n) is 16.4. The highest BCUT2D eigenvalue weighted by Gasteiger charge is 2.30. The minimum absolute atomic E-state index is 0.134. The van der Waals surface area contributed by atoms with E-state index in [1.807, 2.05) is 24.3 Å². The highest BCUT2D eigenvalue weighted by atomic mass is 19.1. The number of methoxy groups -OCH3 is 1. The minimum Gasteiger partial charge on any atom is -0.497 e. The molecule has 0 spiro atoms. The Morgan fingerprint density at radius 2 is 1.90 bits per heavy atom. The van der Waals surface area contributed by atoms with Gasteiger partial charge in [-0.2, -0.15) is 5.10 Å². The molecule has 3 aromatic rings. The first-order valence-corrected chi connectivity index (χ1v) is 9.69. The maximum absolute atomic E-state index is 13.7. The second-order valence-corrected chi connectivity index (χ2v) is 7.27. The smallest absolute Gasteiger partial charge is 0.220 e. The number of rotatable bonds is 6. The van der Waals surface area contributed by atoms with E-state index in [4.69, 9.17) is 4.74 Å². The van der Waals surface area contributed by atoms with Crippen molar-refractivity contribution in [2.75, 3.05) is 7.11 Å². The van der Waals surface area contributed by atoms with Crippen molar-refractivity contribution in [3.63, 3.8) is 0 Å². The number of halogens is 2. The van der Waals surface area contributed by atoms with Crippen LogP contribution >= 0.6 is 0 Å². The number of H-pyrrole nitrogens is 1. The second kappa shape index (κ2) is 8.62. The van der Waals surface area contributed by atoms with Crippen LogP contribution in [-0.2, 0) is 11.3 Å². The molecular formula is C22H22F2N4O2. The maximum atomic E-state index is 13.7. The molecule has 0 radical (unpaired) electrons. The fourth-order valence-electron chi connectivity index (χ4n) is 3.78. The standard InChI is InChI=1S/C22H22F2N4O2/c1-30-18-4-2-13(3-5-18)21-15(12-26-28-21)11-25-19-6-7-20(29)27-22(19)14-8-16(23)10-17(24)9-14/h2-5,8-10,12,19,22,25H,6-7,11H2,1H3,(H,26,28)(H,27,29)/t19-,22+/m1/s1. The van der Waals surface area contributed by atoms with Crippen molar-refractivity contribution >= 4 is 5.91 Å². The third-order valence-corrected chi connectivity index (χ3v) is 5.30. The topological polar surface area (TPSA) is 79.0 Å². The van der Waals surface area contributed by atoms with Crippen LogP contribution in [0.3, 0.4) is 0 Å². The summed E-state index contributed by atoms with van der Waals surface area (Å²) in [5.74, 6) is -0.702. The fraction of sp³-hybridized carbons (Fsp3) is 0.273. The van der Waals surface area contributed by atoms with Crippen LogP contribution in [0.15, 0.2) is 48.7 Å². The normalized spacial score (nSPS) is 18.8. The number of nitrogens with zero attached hydrogens (tertiary/aromatic N) is 1. The molecule has 0 saturated carbocycles. The van der Waals surface area contributed by atoms with Gasteiger partial charge in [-0.1, -0.05) is 0 Å². The van der Waals surface area contributed by atoms with E-state index in [2.05, 4.69) is 20.8 Å². The zero-order chi connectivity index (χ0) is 21.1. The predicted octanol–water partition coefficient (Wildman–Crippen LogP) is 3.47. The van der Waals surface area contributed by atoms with E-state index in [1.54, 1.807) is 13.3 Å². The van der Waals surface area contributed by atoms with Crippen LogP contribution in [0.5, 0.6) is 5.75 Å². The van der Waals surface area contributed by atoms with Gasteiger partial charge in [0.1, 0.15) is 17.4 Å². The highest BCUT2D eigenvalue weighted by molar-refractivity contribution is 5.77. The second-order valence-electron chi connectivity index (χ2n) is 7.27. The highest BCUT2D eigenvalue weighted by Crippen LogP contribution is 2.27. The molecule has 2 aromatic carbocycles. The molecule has 30 heavy (non-hydrogen) atoms. The van der Waals surface area contributed by atoms with Crippen molar-refractivity contribution in [2.45, 2.75) is 31.5 Å². The lowest BCUT2D eigenvalue weighted by molar-refractivity contribution is -0.123. The summed E-state index contributed by atoms with van der Waals surface area (Å²) in [5.41, 5.74) is 3.19. The van der Waals surface area contributed by atoms with Gasteiger partial charge in [0.05, 0.1) is 25.0 Å². The van der Waals surface area contributed by atoms with Gasteiger partial charge in [-0.05, 0) is 48.4 Å². The molecule has 1 aliphatic heterocycles. The Morgan fingerprint density at radius 3 is 2.60 bits per heavy atom. The number of hydrogen-bond acceptors (Lipinski definition) is 4. The first-order chi connectivity index (χ1) is 14.5. The quantitative estimate of drug-likeness (QED) is 0.579. The molecule has 1 aromatic heterocycles. The van der Waals surface area contributed by atoms with E-state index in [9.17, 15) is 13.6 Å². The molecule has 156 valence electrons. The van der Waals surface area contributed by atoms with Crippen LogP contribution in [0.1, 0.15) is 30.0 Å². The lowest BCUT2D eigenvalue weighted by Crippen LogP contribution is -2.48. The van der Waals surface area contributed by atoms with Crippen LogP contribution in [0.2, 0.25) is 0 Å². The van der Waals surface area contributed by atoms with Crippen LogP contribution in [0.4, 0.5) is 8.78 Å². The van der Waals surface area contributed by atoms with Crippen molar-refractivity contribution in [2.24, 2.45) is 0 Å². The summed E-state index contributed by atoms with van der Waals surface area (Å²) >= 11 is 0. The number of nitrogens with one attached hydrogen (secondary N) is 3. The predicted molar refractivity (Wildman–Crippen MR) is 108 cm³/mol. The van der Waals surface area contributed by atoms with Gasteiger partial charge in [-0.15, -0.1) is 0 Å². The van der Waals surface area contributed by atoms with Gasteiger partial charge >= 0.3 is 0 Å². The summed E-state index contributed by atoms with van der Waals surface area (Å²) < 4.78 is 32.6. The van der Waals surface area contributed by atoms with Gasteiger partial charge in [0, 0.05) is 36.2 Å².